The molecule has 10 rings (SSSR count). The largest absolute Gasteiger partial charge is 0.455 e. The molecular weight excluding hydrogens is 631 g/mol. The Morgan fingerprint density at radius 3 is 1.87 bits per heavy atom. The molecule has 0 saturated heterocycles. The molecule has 2 nitrogen and oxygen atoms in total. The van der Waals surface area contributed by atoms with Gasteiger partial charge in [0.2, 0.25) is 0 Å². The lowest BCUT2D eigenvalue weighted by molar-refractivity contribution is 0.670. The zero-order valence-corrected chi connectivity index (χ0v) is 28.4. The second kappa shape index (κ2) is 12.5. The molecule has 1 heterocycles. The van der Waals surface area contributed by atoms with Gasteiger partial charge >= 0.3 is 0 Å². The van der Waals surface area contributed by atoms with Crippen LogP contribution < -0.4 is 4.90 Å². The van der Waals surface area contributed by atoms with Gasteiger partial charge in [-0.25, -0.2) is 0 Å². The van der Waals surface area contributed by atoms with Gasteiger partial charge in [-0.05, 0) is 80.2 Å². The fraction of sp³-hybridized carbons (Fsp3) is 0. The number of hydrogen-bond donors (Lipinski definition) is 0. The highest BCUT2D eigenvalue weighted by Gasteiger charge is 2.21. The first-order chi connectivity index (χ1) is 25.8. The quantitative estimate of drug-likeness (QED) is 0.165. The number of rotatable bonds is 6. The lowest BCUT2D eigenvalue weighted by Gasteiger charge is -2.28. The molecule has 9 aromatic carbocycles. The van der Waals surface area contributed by atoms with Gasteiger partial charge in [0.05, 0.1) is 5.69 Å². The zero-order valence-electron chi connectivity index (χ0n) is 28.4. The molecule has 0 aliphatic carbocycles. The summed E-state index contributed by atoms with van der Waals surface area (Å²) in [5, 5.41) is 7.30. The Kier molecular flexibility index (Phi) is 7.18. The third kappa shape index (κ3) is 5.04. The van der Waals surface area contributed by atoms with Gasteiger partial charge in [0.25, 0.3) is 0 Å². The van der Waals surface area contributed by atoms with Crippen molar-refractivity contribution >= 4 is 60.5 Å². The van der Waals surface area contributed by atoms with Gasteiger partial charge in [-0.2, -0.15) is 0 Å². The summed E-state index contributed by atoms with van der Waals surface area (Å²) in [7, 11) is 0. The average molecular weight is 664 g/mol. The van der Waals surface area contributed by atoms with E-state index in [1.165, 1.54) is 43.8 Å². The lowest BCUT2D eigenvalue weighted by Crippen LogP contribution is -2.11. The summed E-state index contributed by atoms with van der Waals surface area (Å²) in [4.78, 5) is 2.38. The predicted molar refractivity (Wildman–Crippen MR) is 220 cm³/mol. The molecule has 0 spiro atoms. The number of benzene rings is 9. The third-order valence-electron chi connectivity index (χ3n) is 10.3. The topological polar surface area (TPSA) is 16.4 Å². The predicted octanol–water partition coefficient (Wildman–Crippen LogP) is 14.4. The fourth-order valence-electron chi connectivity index (χ4n) is 7.82. The molecule has 0 amide bonds. The van der Waals surface area contributed by atoms with Crippen LogP contribution in [-0.4, -0.2) is 0 Å². The summed E-state index contributed by atoms with van der Waals surface area (Å²) in [5.74, 6) is 0. The van der Waals surface area contributed by atoms with Gasteiger partial charge < -0.3 is 9.32 Å². The summed E-state index contributed by atoms with van der Waals surface area (Å²) in [6.45, 7) is 0. The van der Waals surface area contributed by atoms with Crippen LogP contribution >= 0.6 is 0 Å². The maximum absolute atomic E-state index is 6.57. The molecule has 10 aromatic rings. The Morgan fingerprint density at radius 2 is 0.981 bits per heavy atom. The van der Waals surface area contributed by atoms with Crippen molar-refractivity contribution in [2.45, 2.75) is 0 Å². The van der Waals surface area contributed by atoms with Crippen molar-refractivity contribution in [3.05, 3.63) is 200 Å². The summed E-state index contributed by atoms with van der Waals surface area (Å²) < 4.78 is 6.57. The highest BCUT2D eigenvalue weighted by atomic mass is 16.3. The van der Waals surface area contributed by atoms with E-state index < -0.39 is 0 Å². The molecule has 0 fully saturated rings. The fourth-order valence-corrected chi connectivity index (χ4v) is 7.82. The van der Waals surface area contributed by atoms with Gasteiger partial charge in [-0.1, -0.05) is 164 Å². The SMILES string of the molecule is c1ccc(-c2cccc(N(c3ccc(-c4cccc5c4ccc4ccccc45)cc3)c3ccccc3-c3cccc4c3oc3ccccc34)c2)cc1. The summed E-state index contributed by atoms with van der Waals surface area (Å²) in [5.41, 5.74) is 11.9. The highest BCUT2D eigenvalue weighted by molar-refractivity contribution is 6.13. The van der Waals surface area contributed by atoms with E-state index in [9.17, 15) is 0 Å². The molecule has 2 heteroatoms. The maximum Gasteiger partial charge on any atom is 0.143 e. The van der Waals surface area contributed by atoms with Crippen LogP contribution in [0.25, 0.3) is 76.9 Å². The van der Waals surface area contributed by atoms with Crippen LogP contribution in [0.2, 0.25) is 0 Å². The molecule has 0 atom stereocenters. The Labute approximate surface area is 302 Å². The first kappa shape index (κ1) is 30.0. The van der Waals surface area contributed by atoms with Crippen LogP contribution in [0.4, 0.5) is 17.1 Å². The molecule has 0 radical (unpaired) electrons. The van der Waals surface area contributed by atoms with E-state index in [1.807, 2.05) is 12.1 Å². The minimum atomic E-state index is 0.895. The number of furan rings is 1. The van der Waals surface area contributed by atoms with Crippen LogP contribution in [0.15, 0.2) is 205 Å². The van der Waals surface area contributed by atoms with Crippen molar-refractivity contribution in [1.29, 1.82) is 0 Å². The molecule has 0 unspecified atom stereocenters. The van der Waals surface area contributed by atoms with Gasteiger partial charge in [0, 0.05) is 33.3 Å². The van der Waals surface area contributed by atoms with E-state index in [0.29, 0.717) is 0 Å². The van der Waals surface area contributed by atoms with Crippen molar-refractivity contribution in [2.24, 2.45) is 0 Å². The first-order valence-corrected chi connectivity index (χ1v) is 17.8. The monoisotopic (exact) mass is 663 g/mol. The Hall–Kier alpha value is -6.90. The van der Waals surface area contributed by atoms with Crippen LogP contribution in [0.3, 0.4) is 0 Å². The zero-order chi connectivity index (χ0) is 34.4. The molecule has 244 valence electrons. The van der Waals surface area contributed by atoms with Crippen molar-refractivity contribution < 1.29 is 4.42 Å². The normalized spacial score (nSPS) is 11.5. The van der Waals surface area contributed by atoms with E-state index >= 15 is 0 Å². The average Bonchev–Trinajstić information content (AvgIpc) is 3.61. The van der Waals surface area contributed by atoms with Gasteiger partial charge in [-0.3, -0.25) is 0 Å². The smallest absolute Gasteiger partial charge is 0.143 e. The Balaban J connectivity index is 1.15. The van der Waals surface area contributed by atoms with Crippen LogP contribution in [0.5, 0.6) is 0 Å². The number of para-hydroxylation sites is 3. The second-order valence-electron chi connectivity index (χ2n) is 13.3. The number of fused-ring (bicyclic) bond motifs is 6. The molecule has 0 aliphatic rings. The Morgan fingerprint density at radius 1 is 0.327 bits per heavy atom. The van der Waals surface area contributed by atoms with Gasteiger partial charge in [0.15, 0.2) is 0 Å². The molecular formula is C50H33NO. The summed E-state index contributed by atoms with van der Waals surface area (Å²) >= 11 is 0. The molecule has 0 saturated carbocycles. The van der Waals surface area contributed by atoms with Gasteiger partial charge in [0.1, 0.15) is 11.2 Å². The Bertz CT molecular complexity index is 2900. The summed E-state index contributed by atoms with van der Waals surface area (Å²) in [6, 6.07) is 71.6. The van der Waals surface area contributed by atoms with Crippen LogP contribution in [0, 0.1) is 0 Å². The van der Waals surface area contributed by atoms with E-state index in [0.717, 1.165) is 50.1 Å². The van der Waals surface area contributed by atoms with Crippen molar-refractivity contribution in [2.75, 3.05) is 4.90 Å². The van der Waals surface area contributed by atoms with Gasteiger partial charge in [-0.15, -0.1) is 0 Å². The van der Waals surface area contributed by atoms with Crippen LogP contribution in [0.1, 0.15) is 0 Å². The lowest BCUT2D eigenvalue weighted by atomic mass is 9.94. The van der Waals surface area contributed by atoms with E-state index in [-0.39, 0.29) is 0 Å². The number of anilines is 3. The molecule has 0 N–H and O–H groups in total. The molecule has 1 aromatic heterocycles. The van der Waals surface area contributed by atoms with E-state index in [1.54, 1.807) is 0 Å². The summed E-state index contributed by atoms with van der Waals surface area (Å²) in [6.07, 6.45) is 0. The standard InChI is InChI=1S/C50H33NO/c1-2-13-34(14-3-1)37-16-10-17-39(33-37)51(48-25-8-6-19-44(48)46-23-12-24-47-45-20-7-9-26-49(45)52-50(46)47)38-30-27-36(28-31-38)41-21-11-22-42-40-18-5-4-15-35(40)29-32-43(41)42/h1-33H. The van der Waals surface area contributed by atoms with E-state index in [4.69, 9.17) is 4.42 Å². The molecule has 0 aliphatic heterocycles. The third-order valence-corrected chi connectivity index (χ3v) is 10.3. The number of hydrogen-bond acceptors (Lipinski definition) is 2. The van der Waals surface area contributed by atoms with Crippen molar-refractivity contribution in [3.63, 3.8) is 0 Å². The molecule has 0 bridgehead atoms. The van der Waals surface area contributed by atoms with Crippen molar-refractivity contribution in [1.82, 2.24) is 0 Å². The second-order valence-corrected chi connectivity index (χ2v) is 13.3. The maximum atomic E-state index is 6.57. The minimum Gasteiger partial charge on any atom is -0.455 e. The molecule has 52 heavy (non-hydrogen) atoms. The highest BCUT2D eigenvalue weighted by Crippen LogP contribution is 2.45. The van der Waals surface area contributed by atoms with E-state index in [2.05, 4.69) is 193 Å². The minimum absolute atomic E-state index is 0.895. The van der Waals surface area contributed by atoms with Crippen LogP contribution in [-0.2, 0) is 0 Å². The van der Waals surface area contributed by atoms with Crippen molar-refractivity contribution in [3.8, 4) is 33.4 Å². The first-order valence-electron chi connectivity index (χ1n) is 17.8. The number of nitrogens with zero attached hydrogens (tertiary/aromatic N) is 1.